The lowest BCUT2D eigenvalue weighted by Crippen LogP contribution is -2.24. The van der Waals surface area contributed by atoms with Crippen LogP contribution in [0.2, 0.25) is 0 Å². The van der Waals surface area contributed by atoms with Gasteiger partial charge in [0.05, 0.1) is 7.11 Å². The fourth-order valence-corrected chi connectivity index (χ4v) is 1.23. The molecule has 1 atom stereocenters. The molecule has 0 spiro atoms. The average Bonchev–Trinajstić information content (AvgIpc) is 2.27. The summed E-state index contributed by atoms with van der Waals surface area (Å²) in [4.78, 5) is 29.6. The second-order valence-corrected chi connectivity index (χ2v) is 3.47. The number of carbonyl (C=O) groups excluding carboxylic acids is 2. The number of primary amides is 1. The summed E-state index contributed by atoms with van der Waals surface area (Å²) < 4.78 is 4.49. The molecule has 0 aromatic carbocycles. The van der Waals surface area contributed by atoms with Gasteiger partial charge in [-0.15, -0.1) is 0 Å². The molecule has 0 saturated heterocycles. The van der Waals surface area contributed by atoms with Crippen LogP contribution in [0.5, 0.6) is 0 Å². The maximum Gasteiger partial charge on any atom is 0.376 e. The highest BCUT2D eigenvalue weighted by Gasteiger charge is 2.11. The van der Waals surface area contributed by atoms with Crippen molar-refractivity contribution in [3.63, 3.8) is 0 Å². The first-order valence-corrected chi connectivity index (χ1v) is 4.99. The molecule has 0 saturated carbocycles. The molecule has 1 heterocycles. The van der Waals surface area contributed by atoms with Gasteiger partial charge in [0.2, 0.25) is 11.7 Å². The molecule has 1 rings (SSSR count). The molecule has 0 radical (unpaired) electrons. The van der Waals surface area contributed by atoms with Crippen LogP contribution in [0.4, 0.5) is 5.82 Å². The molecule has 0 bridgehead atoms. The zero-order valence-corrected chi connectivity index (χ0v) is 9.64. The highest BCUT2D eigenvalue weighted by molar-refractivity contribution is 5.85. The van der Waals surface area contributed by atoms with E-state index in [2.05, 4.69) is 20.0 Å². The van der Waals surface area contributed by atoms with Gasteiger partial charge in [0, 0.05) is 18.7 Å². The minimum Gasteiger partial charge on any atom is -0.463 e. The summed E-state index contributed by atoms with van der Waals surface area (Å²) in [7, 11) is 1.25. The van der Waals surface area contributed by atoms with Gasteiger partial charge in [0.15, 0.2) is 0 Å². The second kappa shape index (κ2) is 5.78. The number of nitrogens with one attached hydrogen (secondary N) is 1. The van der Waals surface area contributed by atoms with Gasteiger partial charge in [-0.25, -0.2) is 14.8 Å². The Balaban J connectivity index is 2.72. The number of ether oxygens (including phenoxy) is 1. The van der Waals surface area contributed by atoms with E-state index in [4.69, 9.17) is 5.73 Å². The molecule has 1 aromatic heterocycles. The third-order valence-electron chi connectivity index (χ3n) is 1.93. The van der Waals surface area contributed by atoms with Crippen molar-refractivity contribution in [2.24, 2.45) is 5.73 Å². The Bertz CT molecular complexity index is 422. The number of hydrogen-bond acceptors (Lipinski definition) is 6. The van der Waals surface area contributed by atoms with E-state index in [9.17, 15) is 9.59 Å². The Morgan fingerprint density at radius 2 is 2.29 bits per heavy atom. The van der Waals surface area contributed by atoms with Gasteiger partial charge in [-0.1, -0.05) is 0 Å². The Morgan fingerprint density at radius 3 is 2.88 bits per heavy atom. The minimum atomic E-state index is -0.615. The topological polar surface area (TPSA) is 107 Å². The number of anilines is 1. The molecule has 1 unspecified atom stereocenters. The summed E-state index contributed by atoms with van der Waals surface area (Å²) in [5.74, 6) is -0.624. The van der Waals surface area contributed by atoms with E-state index in [0.29, 0.717) is 5.82 Å². The fraction of sp³-hybridized carbons (Fsp3) is 0.400. The van der Waals surface area contributed by atoms with E-state index >= 15 is 0 Å². The molecule has 1 amide bonds. The number of esters is 1. The van der Waals surface area contributed by atoms with Crippen molar-refractivity contribution in [2.45, 2.75) is 19.4 Å². The van der Waals surface area contributed by atoms with Gasteiger partial charge in [-0.05, 0) is 13.0 Å². The standard InChI is InChI=1S/C10H14N4O3/c1-6(5-7(11)15)13-8-3-4-12-9(14-8)10(16)17-2/h3-4,6H,5H2,1-2H3,(H2,11,15)(H,12,13,14). The number of amides is 1. The van der Waals surface area contributed by atoms with E-state index in [0.717, 1.165) is 0 Å². The quantitative estimate of drug-likeness (QED) is 0.696. The molecular weight excluding hydrogens is 224 g/mol. The number of aromatic nitrogens is 2. The molecule has 7 heteroatoms. The largest absolute Gasteiger partial charge is 0.463 e. The monoisotopic (exact) mass is 238 g/mol. The zero-order chi connectivity index (χ0) is 12.8. The maximum absolute atomic E-state index is 11.2. The van der Waals surface area contributed by atoms with Crippen LogP contribution in [0.25, 0.3) is 0 Å². The Morgan fingerprint density at radius 1 is 1.59 bits per heavy atom. The van der Waals surface area contributed by atoms with Crippen LogP contribution in [0, 0.1) is 0 Å². The van der Waals surface area contributed by atoms with Gasteiger partial charge >= 0.3 is 5.97 Å². The third kappa shape index (κ3) is 4.06. The van der Waals surface area contributed by atoms with Gasteiger partial charge in [-0.2, -0.15) is 0 Å². The lowest BCUT2D eigenvalue weighted by Gasteiger charge is -2.12. The number of carbonyl (C=O) groups is 2. The number of rotatable bonds is 5. The van der Waals surface area contributed by atoms with E-state index < -0.39 is 11.9 Å². The van der Waals surface area contributed by atoms with Crippen LogP contribution in [-0.4, -0.2) is 35.0 Å². The second-order valence-electron chi connectivity index (χ2n) is 3.47. The van der Waals surface area contributed by atoms with Crippen molar-refractivity contribution in [1.82, 2.24) is 9.97 Å². The molecule has 1 aromatic rings. The molecular formula is C10H14N4O3. The molecule has 0 aliphatic heterocycles. The summed E-state index contributed by atoms with van der Waals surface area (Å²) in [5, 5.41) is 2.93. The van der Waals surface area contributed by atoms with Crippen LogP contribution < -0.4 is 11.1 Å². The molecule has 92 valence electrons. The minimum absolute atomic E-state index is 0.0382. The summed E-state index contributed by atoms with van der Waals surface area (Å²) in [6.45, 7) is 1.78. The highest BCUT2D eigenvalue weighted by atomic mass is 16.5. The molecule has 3 N–H and O–H groups in total. The smallest absolute Gasteiger partial charge is 0.376 e. The van der Waals surface area contributed by atoms with Crippen molar-refractivity contribution >= 4 is 17.7 Å². The summed E-state index contributed by atoms with van der Waals surface area (Å²) in [6, 6.07) is 1.41. The van der Waals surface area contributed by atoms with Gasteiger partial charge in [-0.3, -0.25) is 4.79 Å². The van der Waals surface area contributed by atoms with Gasteiger partial charge in [0.1, 0.15) is 5.82 Å². The first kappa shape index (κ1) is 12.9. The summed E-state index contributed by atoms with van der Waals surface area (Å²) in [6.07, 6.45) is 1.61. The molecule has 0 aliphatic carbocycles. The highest BCUT2D eigenvalue weighted by Crippen LogP contribution is 2.06. The van der Waals surface area contributed by atoms with Gasteiger partial charge in [0.25, 0.3) is 0 Å². The normalized spacial score (nSPS) is 11.6. The van der Waals surface area contributed by atoms with Crippen molar-refractivity contribution in [3.8, 4) is 0 Å². The van der Waals surface area contributed by atoms with Crippen molar-refractivity contribution in [1.29, 1.82) is 0 Å². The van der Waals surface area contributed by atoms with Crippen molar-refractivity contribution < 1.29 is 14.3 Å². The summed E-state index contributed by atoms with van der Waals surface area (Å²) >= 11 is 0. The Kier molecular flexibility index (Phi) is 4.38. The predicted molar refractivity (Wildman–Crippen MR) is 60.3 cm³/mol. The molecule has 17 heavy (non-hydrogen) atoms. The van der Waals surface area contributed by atoms with E-state index in [-0.39, 0.29) is 18.3 Å². The van der Waals surface area contributed by atoms with Crippen molar-refractivity contribution in [3.05, 3.63) is 18.1 Å². The Hall–Kier alpha value is -2.18. The molecule has 0 aliphatic rings. The number of nitrogens with zero attached hydrogens (tertiary/aromatic N) is 2. The summed E-state index contributed by atoms with van der Waals surface area (Å²) in [5.41, 5.74) is 5.06. The lowest BCUT2D eigenvalue weighted by atomic mass is 10.2. The van der Waals surface area contributed by atoms with Crippen LogP contribution >= 0.6 is 0 Å². The molecule has 0 fully saturated rings. The Labute approximate surface area is 98.4 Å². The lowest BCUT2D eigenvalue weighted by molar-refractivity contribution is -0.118. The van der Waals surface area contributed by atoms with E-state index in [1.165, 1.54) is 13.3 Å². The zero-order valence-electron chi connectivity index (χ0n) is 9.64. The predicted octanol–water partition coefficient (Wildman–Crippen LogP) is -0.0610. The number of hydrogen-bond donors (Lipinski definition) is 2. The first-order valence-electron chi connectivity index (χ1n) is 4.99. The maximum atomic E-state index is 11.2. The van der Waals surface area contributed by atoms with Gasteiger partial charge < -0.3 is 15.8 Å². The van der Waals surface area contributed by atoms with Crippen LogP contribution in [0.15, 0.2) is 12.3 Å². The molecule has 7 nitrogen and oxygen atoms in total. The fourth-order valence-electron chi connectivity index (χ4n) is 1.23. The van der Waals surface area contributed by atoms with Crippen molar-refractivity contribution in [2.75, 3.05) is 12.4 Å². The van der Waals surface area contributed by atoms with Crippen LogP contribution in [-0.2, 0) is 9.53 Å². The van der Waals surface area contributed by atoms with E-state index in [1.807, 2.05) is 0 Å². The SMILES string of the molecule is COC(=O)c1nccc(NC(C)CC(N)=O)n1. The van der Waals surface area contributed by atoms with Crippen LogP contribution in [0.1, 0.15) is 24.0 Å². The van der Waals surface area contributed by atoms with E-state index in [1.54, 1.807) is 13.0 Å². The first-order chi connectivity index (χ1) is 8.02. The number of methoxy groups -OCH3 is 1. The van der Waals surface area contributed by atoms with Crippen LogP contribution in [0.3, 0.4) is 0 Å². The average molecular weight is 238 g/mol. The number of nitrogens with two attached hydrogens (primary N) is 1. The third-order valence-corrected chi connectivity index (χ3v) is 1.93.